The third-order valence-electron chi connectivity index (χ3n) is 2.78. The van der Waals surface area contributed by atoms with E-state index in [1.807, 2.05) is 18.4 Å². The Labute approximate surface area is 132 Å². The van der Waals surface area contributed by atoms with Crippen molar-refractivity contribution >= 4 is 40.7 Å². The number of hydrogen-bond donors (Lipinski definition) is 2. The van der Waals surface area contributed by atoms with Gasteiger partial charge in [0.25, 0.3) is 0 Å². The first-order valence-corrected chi connectivity index (χ1v) is 7.75. The van der Waals surface area contributed by atoms with E-state index in [1.54, 1.807) is 0 Å². The predicted octanol–water partition coefficient (Wildman–Crippen LogP) is 2.98. The second-order valence-electron chi connectivity index (χ2n) is 4.62. The number of nitrogens with one attached hydrogen (secondary N) is 2. The van der Waals surface area contributed by atoms with Gasteiger partial charge >= 0.3 is 0 Å². The molecule has 2 heterocycles. The lowest BCUT2D eigenvalue weighted by Crippen LogP contribution is -2.19. The molecule has 0 radical (unpaired) electrons. The summed E-state index contributed by atoms with van der Waals surface area (Å²) in [5.74, 6) is 0.470. The van der Waals surface area contributed by atoms with Gasteiger partial charge in [0.05, 0.1) is 4.34 Å². The van der Waals surface area contributed by atoms with E-state index in [-0.39, 0.29) is 17.9 Å². The number of carbonyl (C=O) groups is 1. The first-order chi connectivity index (χ1) is 10.0. The number of halogens is 1. The zero-order valence-corrected chi connectivity index (χ0v) is 13.3. The first kappa shape index (κ1) is 15.7. The largest absolute Gasteiger partial charge is 0.352 e. The van der Waals surface area contributed by atoms with Crippen LogP contribution in [0, 0.1) is 0 Å². The van der Waals surface area contributed by atoms with Gasteiger partial charge in [0.2, 0.25) is 17.8 Å². The quantitative estimate of drug-likeness (QED) is 0.853. The number of rotatable bonds is 6. The normalized spacial score (nSPS) is 12.0. The average Bonchev–Trinajstić information content (AvgIpc) is 2.81. The van der Waals surface area contributed by atoms with Crippen LogP contribution in [-0.4, -0.2) is 26.9 Å². The Hall–Kier alpha value is -1.73. The minimum absolute atomic E-state index is 0.175. The molecule has 0 aliphatic carbocycles. The maximum Gasteiger partial charge on any atom is 0.234 e. The highest BCUT2D eigenvalue weighted by Crippen LogP contribution is 2.24. The lowest BCUT2D eigenvalue weighted by molar-refractivity contribution is -0.114. The van der Waals surface area contributed by atoms with E-state index in [0.29, 0.717) is 5.95 Å². The van der Waals surface area contributed by atoms with Crippen LogP contribution in [0.15, 0.2) is 17.8 Å². The lowest BCUT2D eigenvalue weighted by Gasteiger charge is -2.13. The lowest BCUT2D eigenvalue weighted by atomic mass is 10.1. The highest BCUT2D eigenvalue weighted by molar-refractivity contribution is 7.14. The van der Waals surface area contributed by atoms with Gasteiger partial charge in [-0.2, -0.15) is 4.98 Å². The van der Waals surface area contributed by atoms with Crippen molar-refractivity contribution in [1.82, 2.24) is 15.0 Å². The van der Waals surface area contributed by atoms with Crippen molar-refractivity contribution in [2.24, 2.45) is 0 Å². The van der Waals surface area contributed by atoms with Crippen LogP contribution in [0.2, 0.25) is 4.34 Å². The standard InChI is InChI=1S/C13H16ClN5OS/c1-8(3-4-10-5-6-21-11(10)14)17-12-15-7-16-13(19-12)18-9(2)20/h5-8H,3-4H2,1-2H3,(H2,15,16,17,18,19,20). The molecule has 0 saturated carbocycles. The van der Waals surface area contributed by atoms with E-state index in [0.717, 1.165) is 22.7 Å². The van der Waals surface area contributed by atoms with E-state index in [4.69, 9.17) is 11.6 Å². The van der Waals surface area contributed by atoms with Crippen molar-refractivity contribution in [1.29, 1.82) is 0 Å². The molecule has 2 aromatic rings. The van der Waals surface area contributed by atoms with Crippen molar-refractivity contribution in [2.45, 2.75) is 32.7 Å². The van der Waals surface area contributed by atoms with Gasteiger partial charge in [-0.25, -0.2) is 9.97 Å². The van der Waals surface area contributed by atoms with Crippen LogP contribution >= 0.6 is 22.9 Å². The SMILES string of the molecule is CC(=O)Nc1ncnc(NC(C)CCc2ccsc2Cl)n1. The Morgan fingerprint density at radius 2 is 2.19 bits per heavy atom. The summed E-state index contributed by atoms with van der Waals surface area (Å²) in [6.07, 6.45) is 3.15. The molecule has 0 aliphatic rings. The highest BCUT2D eigenvalue weighted by Gasteiger charge is 2.08. The van der Waals surface area contributed by atoms with Crippen molar-refractivity contribution in [3.63, 3.8) is 0 Å². The molecular weight excluding hydrogens is 310 g/mol. The molecule has 8 heteroatoms. The molecule has 0 aliphatic heterocycles. The van der Waals surface area contributed by atoms with Gasteiger partial charge in [0, 0.05) is 13.0 Å². The van der Waals surface area contributed by atoms with Crippen molar-refractivity contribution in [3.05, 3.63) is 27.7 Å². The van der Waals surface area contributed by atoms with Crippen LogP contribution in [-0.2, 0) is 11.2 Å². The monoisotopic (exact) mass is 325 g/mol. The van der Waals surface area contributed by atoms with E-state index in [2.05, 4.69) is 25.6 Å². The van der Waals surface area contributed by atoms with Gasteiger partial charge in [0.15, 0.2) is 0 Å². The number of aromatic nitrogens is 3. The van der Waals surface area contributed by atoms with Crippen molar-refractivity contribution in [3.8, 4) is 0 Å². The minimum Gasteiger partial charge on any atom is -0.352 e. The third kappa shape index (κ3) is 4.95. The summed E-state index contributed by atoms with van der Waals surface area (Å²) in [7, 11) is 0. The molecule has 112 valence electrons. The predicted molar refractivity (Wildman–Crippen MR) is 84.9 cm³/mol. The Kier molecular flexibility index (Phi) is 5.46. The van der Waals surface area contributed by atoms with Crippen LogP contribution in [0.1, 0.15) is 25.8 Å². The van der Waals surface area contributed by atoms with Gasteiger partial charge < -0.3 is 5.32 Å². The van der Waals surface area contributed by atoms with E-state index >= 15 is 0 Å². The van der Waals surface area contributed by atoms with Gasteiger partial charge in [0.1, 0.15) is 6.33 Å². The number of amides is 1. The Bertz CT molecular complexity index is 618. The van der Waals surface area contributed by atoms with E-state index < -0.39 is 0 Å². The molecule has 21 heavy (non-hydrogen) atoms. The molecule has 1 unspecified atom stereocenters. The Morgan fingerprint density at radius 3 is 2.86 bits per heavy atom. The van der Waals surface area contributed by atoms with Gasteiger partial charge in [-0.1, -0.05) is 11.6 Å². The van der Waals surface area contributed by atoms with Gasteiger partial charge in [-0.3, -0.25) is 10.1 Å². The van der Waals surface area contributed by atoms with Crippen LogP contribution in [0.4, 0.5) is 11.9 Å². The molecule has 2 aromatic heterocycles. The minimum atomic E-state index is -0.215. The van der Waals surface area contributed by atoms with Crippen LogP contribution in [0.25, 0.3) is 0 Å². The number of anilines is 2. The van der Waals surface area contributed by atoms with Crippen molar-refractivity contribution in [2.75, 3.05) is 10.6 Å². The van der Waals surface area contributed by atoms with Crippen LogP contribution in [0.5, 0.6) is 0 Å². The Balaban J connectivity index is 1.88. The van der Waals surface area contributed by atoms with E-state index in [1.165, 1.54) is 24.6 Å². The second-order valence-corrected chi connectivity index (χ2v) is 6.14. The summed E-state index contributed by atoms with van der Waals surface area (Å²) in [6, 6.07) is 2.21. The highest BCUT2D eigenvalue weighted by atomic mass is 35.5. The number of thiophene rings is 1. The van der Waals surface area contributed by atoms with Gasteiger partial charge in [-0.05, 0) is 36.8 Å². The zero-order chi connectivity index (χ0) is 15.2. The molecule has 1 amide bonds. The summed E-state index contributed by atoms with van der Waals surface area (Å²) >= 11 is 7.62. The summed E-state index contributed by atoms with van der Waals surface area (Å²) in [4.78, 5) is 23.0. The second kappa shape index (κ2) is 7.33. The average molecular weight is 326 g/mol. The summed E-state index contributed by atoms with van der Waals surface area (Å²) in [5.41, 5.74) is 1.16. The molecule has 0 aromatic carbocycles. The zero-order valence-electron chi connectivity index (χ0n) is 11.8. The Morgan fingerprint density at radius 1 is 1.43 bits per heavy atom. The molecule has 1 atom stereocenters. The fourth-order valence-corrected chi connectivity index (χ4v) is 2.73. The maximum absolute atomic E-state index is 11.0. The summed E-state index contributed by atoms with van der Waals surface area (Å²) in [6.45, 7) is 3.45. The molecular formula is C13H16ClN5OS. The fraction of sp³-hybridized carbons (Fsp3) is 0.385. The van der Waals surface area contributed by atoms with Crippen LogP contribution in [0.3, 0.4) is 0 Å². The molecule has 0 fully saturated rings. The topological polar surface area (TPSA) is 79.8 Å². The number of carbonyl (C=O) groups excluding carboxylic acids is 1. The summed E-state index contributed by atoms with van der Waals surface area (Å²) in [5, 5.41) is 7.69. The van der Waals surface area contributed by atoms with Crippen molar-refractivity contribution < 1.29 is 4.79 Å². The molecule has 0 spiro atoms. The molecule has 0 saturated heterocycles. The number of aryl methyl sites for hydroxylation is 1. The number of nitrogens with zero attached hydrogens (tertiary/aromatic N) is 3. The first-order valence-electron chi connectivity index (χ1n) is 6.49. The van der Waals surface area contributed by atoms with E-state index in [9.17, 15) is 4.79 Å². The fourth-order valence-electron chi connectivity index (χ4n) is 1.75. The number of hydrogen-bond acceptors (Lipinski definition) is 6. The smallest absolute Gasteiger partial charge is 0.234 e. The third-order valence-corrected chi connectivity index (χ3v) is 4.03. The maximum atomic E-state index is 11.0. The molecule has 0 bridgehead atoms. The summed E-state index contributed by atoms with van der Waals surface area (Å²) < 4.78 is 0.843. The van der Waals surface area contributed by atoms with Crippen LogP contribution < -0.4 is 10.6 Å². The molecule has 2 rings (SSSR count). The molecule has 6 nitrogen and oxygen atoms in total. The van der Waals surface area contributed by atoms with Gasteiger partial charge in [-0.15, -0.1) is 11.3 Å². The molecule has 2 N–H and O–H groups in total.